The molecule has 1 unspecified atom stereocenters. The highest BCUT2D eigenvalue weighted by molar-refractivity contribution is 5.85. The first kappa shape index (κ1) is 20.0. The van der Waals surface area contributed by atoms with Crippen molar-refractivity contribution in [2.24, 2.45) is 0 Å². The molecule has 0 radical (unpaired) electrons. The maximum absolute atomic E-state index is 9.93. The average Bonchev–Trinajstić information content (AvgIpc) is 2.77. The van der Waals surface area contributed by atoms with Crippen molar-refractivity contribution in [1.29, 1.82) is 0 Å². The van der Waals surface area contributed by atoms with Gasteiger partial charge in [0.2, 0.25) is 16.7 Å². The molecule has 0 amide bonds. The van der Waals surface area contributed by atoms with Crippen LogP contribution in [0, 0.1) is 0 Å². The summed E-state index contributed by atoms with van der Waals surface area (Å²) < 4.78 is 2.11. The second-order valence-corrected chi connectivity index (χ2v) is 7.21. The number of hydrogen-bond donors (Lipinski definition) is 4. The van der Waals surface area contributed by atoms with Gasteiger partial charge in [-0.2, -0.15) is 0 Å². The summed E-state index contributed by atoms with van der Waals surface area (Å²) >= 11 is 0. The number of nitrogens with two attached hydrogens (primary N) is 1. The van der Waals surface area contributed by atoms with Gasteiger partial charge >= 0.3 is 0 Å². The van der Waals surface area contributed by atoms with Gasteiger partial charge in [-0.1, -0.05) is 18.2 Å². The molecule has 0 bridgehead atoms. The predicted octanol–water partition coefficient (Wildman–Crippen LogP) is 1.40. The number of hydrogen-bond acceptors (Lipinski definition) is 6. The average molecular weight is 405 g/mol. The number of nitrogen functional groups attached to an aromatic ring is 1. The van der Waals surface area contributed by atoms with E-state index in [9.17, 15) is 15.3 Å². The van der Waals surface area contributed by atoms with Gasteiger partial charge in [-0.25, -0.2) is 4.98 Å². The minimum Gasteiger partial charge on any atom is -0.399 e. The first-order valence-corrected chi connectivity index (χ1v) is 9.86. The van der Waals surface area contributed by atoms with E-state index in [0.717, 1.165) is 33.4 Å². The van der Waals surface area contributed by atoms with Crippen molar-refractivity contribution in [3.05, 3.63) is 66.7 Å². The zero-order chi connectivity index (χ0) is 21.1. The number of rotatable bonds is 7. The fourth-order valence-electron chi connectivity index (χ4n) is 3.67. The Morgan fingerprint density at radius 2 is 1.63 bits per heavy atom. The van der Waals surface area contributed by atoms with Crippen LogP contribution < -0.4 is 15.2 Å². The Hall–Kier alpha value is -3.26. The van der Waals surface area contributed by atoms with Crippen LogP contribution >= 0.6 is 0 Å². The SMILES string of the molecule is Nc1ccc2nc3ccc(N(CCO)CC(O)CO)cc3[n+](-c3ccccc3)c2c1. The quantitative estimate of drug-likeness (QED) is 0.210. The van der Waals surface area contributed by atoms with Crippen molar-refractivity contribution in [3.63, 3.8) is 0 Å². The molecule has 0 spiro atoms. The van der Waals surface area contributed by atoms with Gasteiger partial charge in [0.1, 0.15) is 11.0 Å². The van der Waals surface area contributed by atoms with E-state index in [1.54, 1.807) is 0 Å². The van der Waals surface area contributed by atoms with Gasteiger partial charge in [-0.05, 0) is 24.3 Å². The van der Waals surface area contributed by atoms with Crippen molar-refractivity contribution in [2.45, 2.75) is 6.10 Å². The molecule has 0 aliphatic carbocycles. The molecule has 1 atom stereocenters. The van der Waals surface area contributed by atoms with Crippen LogP contribution in [0.4, 0.5) is 11.4 Å². The van der Waals surface area contributed by atoms with E-state index in [2.05, 4.69) is 4.57 Å². The summed E-state index contributed by atoms with van der Waals surface area (Å²) in [5.41, 5.74) is 11.9. The summed E-state index contributed by atoms with van der Waals surface area (Å²) in [6, 6.07) is 21.4. The molecule has 0 fully saturated rings. The maximum atomic E-state index is 9.93. The second kappa shape index (κ2) is 8.62. The summed E-state index contributed by atoms with van der Waals surface area (Å²) in [5, 5.41) is 28.7. The molecule has 5 N–H and O–H groups in total. The smallest absolute Gasteiger partial charge is 0.239 e. The van der Waals surface area contributed by atoms with E-state index in [1.807, 2.05) is 71.6 Å². The summed E-state index contributed by atoms with van der Waals surface area (Å²) in [4.78, 5) is 6.64. The van der Waals surface area contributed by atoms with Crippen LogP contribution in [0.2, 0.25) is 0 Å². The van der Waals surface area contributed by atoms with Crippen LogP contribution in [0.15, 0.2) is 66.7 Å². The van der Waals surface area contributed by atoms with Crippen molar-refractivity contribution in [3.8, 4) is 5.69 Å². The monoisotopic (exact) mass is 405 g/mol. The van der Waals surface area contributed by atoms with Gasteiger partial charge in [-0.3, -0.25) is 0 Å². The molecule has 7 nitrogen and oxygen atoms in total. The van der Waals surface area contributed by atoms with E-state index in [-0.39, 0.29) is 19.8 Å². The molecule has 1 aromatic heterocycles. The number of para-hydroxylation sites is 1. The van der Waals surface area contributed by atoms with Gasteiger partial charge in [0.05, 0.1) is 19.3 Å². The lowest BCUT2D eigenvalue weighted by Crippen LogP contribution is -2.37. The molecular formula is C23H25N4O3+. The third-order valence-electron chi connectivity index (χ3n) is 5.07. The molecular weight excluding hydrogens is 380 g/mol. The third-order valence-corrected chi connectivity index (χ3v) is 5.07. The lowest BCUT2D eigenvalue weighted by Gasteiger charge is -2.25. The Balaban J connectivity index is 1.97. The van der Waals surface area contributed by atoms with Gasteiger partial charge in [0.25, 0.3) is 0 Å². The van der Waals surface area contributed by atoms with Gasteiger partial charge < -0.3 is 26.0 Å². The fourth-order valence-corrected chi connectivity index (χ4v) is 3.67. The van der Waals surface area contributed by atoms with Crippen LogP contribution in [-0.2, 0) is 0 Å². The molecule has 0 saturated carbocycles. The van der Waals surface area contributed by atoms with Crippen LogP contribution in [0.5, 0.6) is 0 Å². The molecule has 7 heteroatoms. The first-order valence-electron chi connectivity index (χ1n) is 9.86. The minimum absolute atomic E-state index is 0.0681. The highest BCUT2D eigenvalue weighted by Gasteiger charge is 2.21. The molecule has 154 valence electrons. The number of fused-ring (bicyclic) bond motifs is 2. The Labute approximate surface area is 174 Å². The number of benzene rings is 3. The molecule has 3 aromatic carbocycles. The number of anilines is 2. The van der Waals surface area contributed by atoms with Crippen LogP contribution in [0.1, 0.15) is 0 Å². The highest BCUT2D eigenvalue weighted by atomic mass is 16.3. The zero-order valence-corrected chi connectivity index (χ0v) is 16.5. The molecule has 4 rings (SSSR count). The summed E-state index contributed by atoms with van der Waals surface area (Å²) in [6.07, 6.45) is -0.900. The van der Waals surface area contributed by atoms with E-state index < -0.39 is 6.10 Å². The fraction of sp³-hybridized carbons (Fsp3) is 0.217. The van der Waals surface area contributed by atoms with E-state index in [1.165, 1.54) is 0 Å². The Bertz CT molecular complexity index is 1170. The third kappa shape index (κ3) is 3.91. The van der Waals surface area contributed by atoms with Crippen molar-refractivity contribution in [2.75, 3.05) is 36.9 Å². The molecule has 30 heavy (non-hydrogen) atoms. The largest absolute Gasteiger partial charge is 0.399 e. The zero-order valence-electron chi connectivity index (χ0n) is 16.5. The summed E-state index contributed by atoms with van der Waals surface area (Å²) in [5.74, 6) is 0. The molecule has 1 heterocycles. The highest BCUT2D eigenvalue weighted by Crippen LogP contribution is 2.24. The lowest BCUT2D eigenvalue weighted by atomic mass is 10.1. The van der Waals surface area contributed by atoms with Crippen LogP contribution in [0.25, 0.3) is 27.8 Å². The summed E-state index contributed by atoms with van der Waals surface area (Å²) in [6.45, 7) is 0.135. The van der Waals surface area contributed by atoms with Gasteiger partial charge in [0, 0.05) is 48.7 Å². The van der Waals surface area contributed by atoms with Gasteiger partial charge in [-0.15, -0.1) is 4.57 Å². The Morgan fingerprint density at radius 3 is 2.33 bits per heavy atom. The van der Waals surface area contributed by atoms with E-state index in [0.29, 0.717) is 12.2 Å². The number of aliphatic hydroxyl groups is 3. The number of nitrogens with zero attached hydrogens (tertiary/aromatic N) is 3. The van der Waals surface area contributed by atoms with E-state index >= 15 is 0 Å². The van der Waals surface area contributed by atoms with Crippen LogP contribution in [-0.4, -0.2) is 52.7 Å². The molecule has 0 saturated heterocycles. The summed E-state index contributed by atoms with van der Waals surface area (Å²) in [7, 11) is 0. The predicted molar refractivity (Wildman–Crippen MR) is 118 cm³/mol. The number of aliphatic hydroxyl groups excluding tert-OH is 3. The normalized spacial score (nSPS) is 12.4. The second-order valence-electron chi connectivity index (χ2n) is 7.21. The van der Waals surface area contributed by atoms with Crippen molar-refractivity contribution >= 4 is 33.4 Å². The molecule has 4 aromatic rings. The lowest BCUT2D eigenvalue weighted by molar-refractivity contribution is -0.538. The first-order chi connectivity index (χ1) is 14.6. The maximum Gasteiger partial charge on any atom is 0.239 e. The van der Waals surface area contributed by atoms with Crippen molar-refractivity contribution in [1.82, 2.24) is 4.98 Å². The van der Waals surface area contributed by atoms with Gasteiger partial charge in [0.15, 0.2) is 0 Å². The van der Waals surface area contributed by atoms with E-state index in [4.69, 9.17) is 10.7 Å². The molecule has 0 aliphatic rings. The topological polar surface area (TPSA) is 107 Å². The molecule has 0 aliphatic heterocycles. The van der Waals surface area contributed by atoms with Crippen molar-refractivity contribution < 1.29 is 19.9 Å². The minimum atomic E-state index is -0.900. The standard InChI is InChI=1S/C23H24N4O3/c24-16-6-8-20-22(12-16)27(17-4-2-1-3-5-17)23-13-18(7-9-21(23)25-20)26(10-11-28)14-19(30)15-29/h1-9,12-13,19,24,28-30H,10-11,14-15H2/p+1. The van der Waals surface area contributed by atoms with Crippen LogP contribution in [0.3, 0.4) is 0 Å². The number of aromatic nitrogens is 2. The Morgan fingerprint density at radius 1 is 0.933 bits per heavy atom. The Kier molecular flexibility index (Phi) is 5.76.